The second kappa shape index (κ2) is 8.98. The third-order valence-electron chi connectivity index (χ3n) is 2.49. The highest BCUT2D eigenvalue weighted by Crippen LogP contribution is 2.34. The largest absolute Gasteiger partial charge is 0.493 e. The lowest BCUT2D eigenvalue weighted by Crippen LogP contribution is -2.20. The Labute approximate surface area is 118 Å². The van der Waals surface area contributed by atoms with Crippen LogP contribution >= 0.6 is 11.6 Å². The Kier molecular flexibility index (Phi) is 7.59. The number of halogens is 1. The fourth-order valence-electron chi connectivity index (χ4n) is 1.67. The van der Waals surface area contributed by atoms with Crippen molar-refractivity contribution in [2.75, 3.05) is 40.6 Å². The van der Waals surface area contributed by atoms with E-state index in [0.29, 0.717) is 42.8 Å². The Balaban J connectivity index is 2.54. The summed E-state index contributed by atoms with van der Waals surface area (Å²) in [4.78, 5) is 0. The molecule has 1 aromatic rings. The average Bonchev–Trinajstić information content (AvgIpc) is 2.42. The fraction of sp³-hybridized carbons (Fsp3) is 0.538. The third kappa shape index (κ3) is 5.24. The molecule has 0 amide bonds. The number of rotatable bonds is 9. The fourth-order valence-corrected chi connectivity index (χ4v) is 1.90. The summed E-state index contributed by atoms with van der Waals surface area (Å²) in [7, 11) is 3.17. The molecule has 0 unspecified atom stereocenters. The van der Waals surface area contributed by atoms with Gasteiger partial charge in [0.2, 0.25) is 0 Å². The molecule has 2 N–H and O–H groups in total. The van der Waals surface area contributed by atoms with Crippen LogP contribution in [0.15, 0.2) is 12.1 Å². The first-order valence-electron chi connectivity index (χ1n) is 6.02. The zero-order chi connectivity index (χ0) is 14.1. The molecular formula is C13H20ClNO4. The average molecular weight is 290 g/mol. The van der Waals surface area contributed by atoms with E-state index in [9.17, 15) is 0 Å². The van der Waals surface area contributed by atoms with Gasteiger partial charge in [0, 0.05) is 29.7 Å². The Bertz CT molecular complexity index is 387. The third-order valence-corrected chi connectivity index (χ3v) is 2.71. The maximum atomic E-state index is 8.57. The molecule has 0 heterocycles. The van der Waals surface area contributed by atoms with Crippen molar-refractivity contribution in [3.05, 3.63) is 22.7 Å². The minimum Gasteiger partial charge on any atom is -0.493 e. The smallest absolute Gasteiger partial charge is 0.165 e. The number of hydrogen-bond acceptors (Lipinski definition) is 5. The molecule has 0 aliphatic carbocycles. The Morgan fingerprint density at radius 2 is 2.00 bits per heavy atom. The monoisotopic (exact) mass is 289 g/mol. The van der Waals surface area contributed by atoms with E-state index in [1.54, 1.807) is 20.3 Å². The van der Waals surface area contributed by atoms with Gasteiger partial charge >= 0.3 is 0 Å². The van der Waals surface area contributed by atoms with Crippen LogP contribution in [0.4, 0.5) is 0 Å². The van der Waals surface area contributed by atoms with Gasteiger partial charge in [-0.05, 0) is 6.07 Å². The summed E-state index contributed by atoms with van der Waals surface area (Å²) in [6.45, 7) is 2.22. The minimum atomic E-state index is 0.0410. The van der Waals surface area contributed by atoms with E-state index in [2.05, 4.69) is 5.32 Å². The second-order valence-electron chi connectivity index (χ2n) is 3.81. The number of ether oxygens (including phenoxy) is 3. The summed E-state index contributed by atoms with van der Waals surface area (Å²) in [5.41, 5.74) is 0.925. The molecule has 1 aromatic carbocycles. The van der Waals surface area contributed by atoms with Gasteiger partial charge in [0.1, 0.15) is 0 Å². The van der Waals surface area contributed by atoms with Gasteiger partial charge in [0.25, 0.3) is 0 Å². The van der Waals surface area contributed by atoms with Crippen molar-refractivity contribution < 1.29 is 19.3 Å². The van der Waals surface area contributed by atoms with Crippen molar-refractivity contribution in [1.82, 2.24) is 5.32 Å². The highest BCUT2D eigenvalue weighted by atomic mass is 35.5. The van der Waals surface area contributed by atoms with Crippen LogP contribution in [0.5, 0.6) is 11.5 Å². The van der Waals surface area contributed by atoms with Crippen LogP contribution in [0, 0.1) is 0 Å². The van der Waals surface area contributed by atoms with Crippen LogP contribution in [-0.4, -0.2) is 45.7 Å². The summed E-state index contributed by atoms with van der Waals surface area (Å²) in [6.07, 6.45) is 0. The van der Waals surface area contributed by atoms with E-state index in [1.165, 1.54) is 0 Å². The van der Waals surface area contributed by atoms with Crippen molar-refractivity contribution >= 4 is 11.6 Å². The molecule has 19 heavy (non-hydrogen) atoms. The maximum absolute atomic E-state index is 8.57. The predicted octanol–water partition coefficient (Wildman–Crippen LogP) is 1.46. The molecule has 0 aromatic heterocycles. The van der Waals surface area contributed by atoms with Crippen molar-refractivity contribution in [1.29, 1.82) is 0 Å². The van der Waals surface area contributed by atoms with Crippen molar-refractivity contribution in [3.8, 4) is 11.5 Å². The van der Waals surface area contributed by atoms with Crippen LogP contribution in [-0.2, 0) is 11.3 Å². The lowest BCUT2D eigenvalue weighted by atomic mass is 10.2. The minimum absolute atomic E-state index is 0.0410. The highest BCUT2D eigenvalue weighted by molar-refractivity contribution is 6.30. The van der Waals surface area contributed by atoms with Gasteiger partial charge in [0.15, 0.2) is 11.5 Å². The molecule has 6 heteroatoms. The quantitative estimate of drug-likeness (QED) is 0.674. The van der Waals surface area contributed by atoms with E-state index in [-0.39, 0.29) is 6.61 Å². The standard InChI is InChI=1S/C13H20ClNO4/c1-17-12-8-11(14)7-10(13(12)18-2)9-15-3-5-19-6-4-16/h7-8,15-16H,3-6,9H2,1-2H3. The molecule has 0 bridgehead atoms. The molecule has 1 rings (SSSR count). The maximum Gasteiger partial charge on any atom is 0.165 e. The Hall–Kier alpha value is -1.01. The zero-order valence-electron chi connectivity index (χ0n) is 11.2. The van der Waals surface area contributed by atoms with Gasteiger partial charge in [-0.2, -0.15) is 0 Å². The highest BCUT2D eigenvalue weighted by Gasteiger charge is 2.11. The van der Waals surface area contributed by atoms with E-state index >= 15 is 0 Å². The number of aliphatic hydroxyl groups excluding tert-OH is 1. The number of nitrogens with one attached hydrogen (secondary N) is 1. The molecule has 0 aliphatic heterocycles. The lowest BCUT2D eigenvalue weighted by molar-refractivity contribution is 0.0937. The van der Waals surface area contributed by atoms with E-state index in [1.807, 2.05) is 6.07 Å². The van der Waals surface area contributed by atoms with Gasteiger partial charge < -0.3 is 24.6 Å². The molecule has 0 spiro atoms. The van der Waals surface area contributed by atoms with Crippen LogP contribution in [0.3, 0.4) is 0 Å². The first kappa shape index (κ1) is 16.0. The SMILES string of the molecule is COc1cc(Cl)cc(CNCCOCCO)c1OC. The Morgan fingerprint density at radius 1 is 1.21 bits per heavy atom. The van der Waals surface area contributed by atoms with Crippen molar-refractivity contribution in [3.63, 3.8) is 0 Å². The molecule has 0 fully saturated rings. The normalized spacial score (nSPS) is 10.5. The van der Waals surface area contributed by atoms with Gasteiger partial charge in [-0.15, -0.1) is 0 Å². The van der Waals surface area contributed by atoms with Crippen LogP contribution in [0.1, 0.15) is 5.56 Å². The molecule has 0 radical (unpaired) electrons. The summed E-state index contributed by atoms with van der Waals surface area (Å²) in [5, 5.41) is 12.4. The summed E-state index contributed by atoms with van der Waals surface area (Å²) < 4.78 is 15.7. The summed E-state index contributed by atoms with van der Waals surface area (Å²) >= 11 is 6.02. The lowest BCUT2D eigenvalue weighted by Gasteiger charge is -2.14. The number of methoxy groups -OCH3 is 2. The van der Waals surface area contributed by atoms with Gasteiger partial charge in [-0.25, -0.2) is 0 Å². The van der Waals surface area contributed by atoms with Crippen LogP contribution in [0.25, 0.3) is 0 Å². The zero-order valence-corrected chi connectivity index (χ0v) is 12.0. The number of aliphatic hydroxyl groups is 1. The van der Waals surface area contributed by atoms with E-state index in [0.717, 1.165) is 5.56 Å². The summed E-state index contributed by atoms with van der Waals surface area (Å²) in [5.74, 6) is 1.29. The molecule has 0 saturated heterocycles. The molecule has 0 aliphatic rings. The van der Waals surface area contributed by atoms with Gasteiger partial charge in [-0.3, -0.25) is 0 Å². The number of hydrogen-bond donors (Lipinski definition) is 2. The topological polar surface area (TPSA) is 60.0 Å². The van der Waals surface area contributed by atoms with Crippen molar-refractivity contribution in [2.24, 2.45) is 0 Å². The number of benzene rings is 1. The molecule has 5 nitrogen and oxygen atoms in total. The van der Waals surface area contributed by atoms with Crippen LogP contribution < -0.4 is 14.8 Å². The van der Waals surface area contributed by atoms with Crippen molar-refractivity contribution in [2.45, 2.75) is 6.54 Å². The predicted molar refractivity (Wildman–Crippen MR) is 74.2 cm³/mol. The second-order valence-corrected chi connectivity index (χ2v) is 4.25. The van der Waals surface area contributed by atoms with E-state index < -0.39 is 0 Å². The molecule has 0 atom stereocenters. The van der Waals surface area contributed by atoms with Gasteiger partial charge in [-0.1, -0.05) is 11.6 Å². The first-order valence-corrected chi connectivity index (χ1v) is 6.40. The molecular weight excluding hydrogens is 270 g/mol. The van der Waals surface area contributed by atoms with E-state index in [4.69, 9.17) is 30.9 Å². The summed E-state index contributed by atoms with van der Waals surface area (Å²) in [6, 6.07) is 3.55. The Morgan fingerprint density at radius 3 is 2.63 bits per heavy atom. The molecule has 108 valence electrons. The van der Waals surface area contributed by atoms with Gasteiger partial charge in [0.05, 0.1) is 34.0 Å². The first-order chi connectivity index (χ1) is 9.22. The van der Waals surface area contributed by atoms with Crippen LogP contribution in [0.2, 0.25) is 5.02 Å². The molecule has 0 saturated carbocycles.